The lowest BCUT2D eigenvalue weighted by atomic mass is 10.0. The van der Waals surface area contributed by atoms with Crippen LogP contribution in [0.25, 0.3) is 0 Å². The Bertz CT molecular complexity index is 641. The van der Waals surface area contributed by atoms with E-state index in [1.165, 1.54) is 17.8 Å². The zero-order chi connectivity index (χ0) is 12.7. The van der Waals surface area contributed by atoms with Gasteiger partial charge < -0.3 is 0 Å². The summed E-state index contributed by atoms with van der Waals surface area (Å²) in [5, 5.41) is 0. The lowest BCUT2D eigenvalue weighted by Crippen LogP contribution is -1.98. The van der Waals surface area contributed by atoms with Crippen molar-refractivity contribution in [1.82, 2.24) is 0 Å². The van der Waals surface area contributed by atoms with Crippen molar-refractivity contribution >= 4 is 17.5 Å². The van der Waals surface area contributed by atoms with Crippen LogP contribution >= 0.6 is 11.8 Å². The molecule has 18 heavy (non-hydrogen) atoms. The first kappa shape index (κ1) is 11.4. The molecule has 1 aliphatic carbocycles. The number of hydrogen-bond donors (Lipinski definition) is 0. The van der Waals surface area contributed by atoms with Crippen molar-refractivity contribution in [1.29, 1.82) is 0 Å². The molecule has 0 saturated heterocycles. The zero-order valence-corrected chi connectivity index (χ0v) is 10.1. The molecular weight excluding hydrogens is 254 g/mol. The fourth-order valence-corrected chi connectivity index (χ4v) is 3.04. The van der Waals surface area contributed by atoms with Crippen LogP contribution < -0.4 is 0 Å². The van der Waals surface area contributed by atoms with Crippen molar-refractivity contribution in [2.45, 2.75) is 11.3 Å². The minimum Gasteiger partial charge on any atom is -0.289 e. The molecule has 1 aromatic carbocycles. The SMILES string of the molecule is O=C1C=C2CC(F)=C(F)C=C2Sc2ccccc21. The zero-order valence-electron chi connectivity index (χ0n) is 9.24. The smallest absolute Gasteiger partial charge is 0.187 e. The summed E-state index contributed by atoms with van der Waals surface area (Å²) < 4.78 is 26.5. The Labute approximate surface area is 107 Å². The third-order valence-electron chi connectivity index (χ3n) is 2.86. The van der Waals surface area contributed by atoms with E-state index in [1.807, 2.05) is 12.1 Å². The summed E-state index contributed by atoms with van der Waals surface area (Å²) in [6, 6.07) is 7.13. The maximum atomic E-state index is 13.3. The second-order valence-electron chi connectivity index (χ2n) is 4.07. The van der Waals surface area contributed by atoms with Gasteiger partial charge in [-0.15, -0.1) is 0 Å². The van der Waals surface area contributed by atoms with E-state index in [1.54, 1.807) is 12.1 Å². The highest BCUT2D eigenvalue weighted by atomic mass is 32.2. The van der Waals surface area contributed by atoms with E-state index in [9.17, 15) is 13.6 Å². The summed E-state index contributed by atoms with van der Waals surface area (Å²) in [5.41, 5.74) is 1.12. The summed E-state index contributed by atoms with van der Waals surface area (Å²) in [4.78, 5) is 13.4. The van der Waals surface area contributed by atoms with Gasteiger partial charge in [-0.05, 0) is 29.9 Å². The molecular formula is C14H8F2OS. The normalized spacial score (nSPS) is 18.7. The topological polar surface area (TPSA) is 17.1 Å². The molecule has 0 amide bonds. The highest BCUT2D eigenvalue weighted by molar-refractivity contribution is 8.03. The van der Waals surface area contributed by atoms with Crippen molar-refractivity contribution in [3.05, 3.63) is 64.1 Å². The second-order valence-corrected chi connectivity index (χ2v) is 5.15. The van der Waals surface area contributed by atoms with Crippen LogP contribution in [0.4, 0.5) is 8.78 Å². The van der Waals surface area contributed by atoms with Gasteiger partial charge in [0.1, 0.15) is 5.83 Å². The van der Waals surface area contributed by atoms with Crippen LogP contribution in [0.3, 0.4) is 0 Å². The standard InChI is InChI=1S/C14H8F2OS/c15-10-5-8-6-12(17)9-3-1-2-4-13(9)18-14(8)7-11(10)16/h1-4,6-7H,5H2. The largest absolute Gasteiger partial charge is 0.289 e. The van der Waals surface area contributed by atoms with Crippen LogP contribution in [0.2, 0.25) is 0 Å². The molecule has 2 aliphatic rings. The number of carbonyl (C=O) groups is 1. The molecule has 0 bridgehead atoms. The van der Waals surface area contributed by atoms with Crippen molar-refractivity contribution in [2.75, 3.05) is 0 Å². The molecule has 3 rings (SSSR count). The molecule has 1 aliphatic heterocycles. The lowest BCUT2D eigenvalue weighted by molar-refractivity contribution is 0.104. The Kier molecular flexibility index (Phi) is 2.67. The summed E-state index contributed by atoms with van der Waals surface area (Å²) >= 11 is 1.30. The average molecular weight is 262 g/mol. The molecule has 4 heteroatoms. The Hall–Kier alpha value is -1.68. The number of rotatable bonds is 0. The third-order valence-corrected chi connectivity index (χ3v) is 4.03. The van der Waals surface area contributed by atoms with Gasteiger partial charge in [-0.25, -0.2) is 8.78 Å². The van der Waals surface area contributed by atoms with Crippen LogP contribution in [0.15, 0.2) is 63.4 Å². The summed E-state index contributed by atoms with van der Waals surface area (Å²) in [6.07, 6.45) is 2.41. The molecule has 0 aromatic heterocycles. The lowest BCUT2D eigenvalue weighted by Gasteiger charge is -2.13. The first-order valence-corrected chi connectivity index (χ1v) is 6.25. The van der Waals surface area contributed by atoms with Gasteiger partial charge in [0.05, 0.1) is 0 Å². The van der Waals surface area contributed by atoms with E-state index in [0.717, 1.165) is 11.0 Å². The molecule has 0 atom stereocenters. The Morgan fingerprint density at radius 1 is 1.11 bits per heavy atom. The molecule has 0 spiro atoms. The van der Waals surface area contributed by atoms with E-state index >= 15 is 0 Å². The van der Waals surface area contributed by atoms with Crippen molar-refractivity contribution in [3.63, 3.8) is 0 Å². The van der Waals surface area contributed by atoms with Crippen molar-refractivity contribution in [2.24, 2.45) is 0 Å². The fraction of sp³-hybridized carbons (Fsp3) is 0.0714. The summed E-state index contributed by atoms with van der Waals surface area (Å²) in [7, 11) is 0. The number of thioether (sulfide) groups is 1. The van der Waals surface area contributed by atoms with Crippen molar-refractivity contribution in [3.8, 4) is 0 Å². The molecule has 1 aromatic rings. The van der Waals surface area contributed by atoms with Crippen LogP contribution in [0.1, 0.15) is 16.8 Å². The van der Waals surface area contributed by atoms with Crippen LogP contribution in [-0.4, -0.2) is 5.78 Å². The monoisotopic (exact) mass is 262 g/mol. The third kappa shape index (κ3) is 1.82. The van der Waals surface area contributed by atoms with Crippen LogP contribution in [0.5, 0.6) is 0 Å². The highest BCUT2D eigenvalue weighted by Crippen LogP contribution is 2.43. The fourth-order valence-electron chi connectivity index (χ4n) is 1.96. The summed E-state index contributed by atoms with van der Waals surface area (Å²) in [5.74, 6) is -1.82. The van der Waals surface area contributed by atoms with Gasteiger partial charge in [-0.3, -0.25) is 4.79 Å². The first-order valence-electron chi connectivity index (χ1n) is 5.43. The molecule has 90 valence electrons. The van der Waals surface area contributed by atoms with Gasteiger partial charge >= 0.3 is 0 Å². The number of fused-ring (bicyclic) bond motifs is 2. The number of carbonyl (C=O) groups excluding carboxylic acids is 1. The first-order chi connectivity index (χ1) is 8.65. The highest BCUT2D eigenvalue weighted by Gasteiger charge is 2.24. The number of hydrogen-bond acceptors (Lipinski definition) is 2. The van der Waals surface area contributed by atoms with Gasteiger partial charge in [0.2, 0.25) is 0 Å². The second kappa shape index (κ2) is 4.21. The van der Waals surface area contributed by atoms with Gasteiger partial charge in [0, 0.05) is 21.8 Å². The molecule has 1 heterocycles. The predicted octanol–water partition coefficient (Wildman–Crippen LogP) is 4.34. The Balaban J connectivity index is 2.15. The van der Waals surface area contributed by atoms with Crippen LogP contribution in [0, 0.1) is 0 Å². The quantitative estimate of drug-likeness (QED) is 0.691. The minimum atomic E-state index is -0.846. The Morgan fingerprint density at radius 2 is 1.89 bits per heavy atom. The molecule has 0 N–H and O–H groups in total. The van der Waals surface area contributed by atoms with E-state index in [-0.39, 0.29) is 12.2 Å². The van der Waals surface area contributed by atoms with E-state index in [0.29, 0.717) is 16.0 Å². The molecule has 1 nitrogen and oxygen atoms in total. The molecule has 0 saturated carbocycles. The van der Waals surface area contributed by atoms with Crippen LogP contribution in [-0.2, 0) is 0 Å². The van der Waals surface area contributed by atoms with Gasteiger partial charge in [0.25, 0.3) is 0 Å². The number of allylic oxidation sites excluding steroid dienone is 5. The van der Waals surface area contributed by atoms with Gasteiger partial charge in [-0.1, -0.05) is 23.9 Å². The number of ketones is 1. The maximum Gasteiger partial charge on any atom is 0.187 e. The summed E-state index contributed by atoms with van der Waals surface area (Å²) in [6.45, 7) is 0. The molecule has 0 radical (unpaired) electrons. The number of benzene rings is 1. The predicted molar refractivity (Wildman–Crippen MR) is 66.7 cm³/mol. The molecule has 0 fully saturated rings. The van der Waals surface area contributed by atoms with E-state index in [4.69, 9.17) is 0 Å². The average Bonchev–Trinajstić information content (AvgIpc) is 2.48. The maximum absolute atomic E-state index is 13.3. The van der Waals surface area contributed by atoms with Gasteiger partial charge in [-0.2, -0.15) is 0 Å². The van der Waals surface area contributed by atoms with E-state index < -0.39 is 11.7 Å². The minimum absolute atomic E-state index is 0.148. The van der Waals surface area contributed by atoms with E-state index in [2.05, 4.69) is 0 Å². The molecule has 0 unspecified atom stereocenters. The van der Waals surface area contributed by atoms with Gasteiger partial charge in [0.15, 0.2) is 11.6 Å². The Morgan fingerprint density at radius 3 is 2.72 bits per heavy atom. The number of halogens is 2. The van der Waals surface area contributed by atoms with Crippen molar-refractivity contribution < 1.29 is 13.6 Å².